The Bertz CT molecular complexity index is 438. The van der Waals surface area contributed by atoms with Gasteiger partial charge < -0.3 is 4.90 Å². The summed E-state index contributed by atoms with van der Waals surface area (Å²) in [6.07, 6.45) is 8.78. The normalized spacial score (nSPS) is 37.4. The van der Waals surface area contributed by atoms with E-state index in [2.05, 4.69) is 9.80 Å². The highest BCUT2D eigenvalue weighted by atomic mass is 35.7. The molecule has 4 saturated heterocycles. The smallest absolute Gasteiger partial charge is 0.222 e. The summed E-state index contributed by atoms with van der Waals surface area (Å²) in [6, 6.07) is 1.39. The third-order valence-electron chi connectivity index (χ3n) is 5.87. The van der Waals surface area contributed by atoms with E-state index in [1.54, 1.807) is 0 Å². The molecule has 23 heavy (non-hydrogen) atoms. The Labute approximate surface area is 138 Å². The molecule has 2 bridgehead atoms. The van der Waals surface area contributed by atoms with Crippen molar-refractivity contribution >= 4 is 5.91 Å². The fraction of sp³-hybridized carbons (Fsp3) is 0.933. The van der Waals surface area contributed by atoms with Gasteiger partial charge in [0.25, 0.3) is 0 Å². The highest BCUT2D eigenvalue weighted by Gasteiger charge is 2.47. The highest BCUT2D eigenvalue weighted by Crippen LogP contribution is 2.42. The van der Waals surface area contributed by atoms with Crippen LogP contribution in [0, 0.1) is 22.1 Å². The summed E-state index contributed by atoms with van der Waals surface area (Å²) in [4.78, 5) is 17.2. The number of nitrogens with zero attached hydrogens (tertiary/aromatic N) is 2. The number of piperidine rings is 4. The Morgan fingerprint density at radius 2 is 1.65 bits per heavy atom. The lowest BCUT2D eigenvalue weighted by molar-refractivity contribution is -1.92. The molecule has 4 rings (SSSR count). The Kier molecular flexibility index (Phi) is 5.15. The fourth-order valence-electron chi connectivity index (χ4n) is 5.10. The summed E-state index contributed by atoms with van der Waals surface area (Å²) < 4.78 is 32.7. The molecule has 0 aromatic rings. The zero-order chi connectivity index (χ0) is 16.6. The van der Waals surface area contributed by atoms with Crippen molar-refractivity contribution in [2.75, 3.05) is 19.6 Å². The first-order valence-corrected chi connectivity index (χ1v) is 9.76. The number of carbonyl (C=O) groups is 1. The van der Waals surface area contributed by atoms with E-state index in [9.17, 15) is 4.79 Å². The van der Waals surface area contributed by atoms with E-state index in [0.29, 0.717) is 11.9 Å². The van der Waals surface area contributed by atoms with Gasteiger partial charge in [0.1, 0.15) is 0 Å². The second-order valence-corrected chi connectivity index (χ2v) is 8.01. The molecule has 0 spiro atoms. The quantitative estimate of drug-likeness (QED) is 0.529. The maximum Gasteiger partial charge on any atom is 0.222 e. The number of halogens is 1. The maximum atomic E-state index is 12.1. The van der Waals surface area contributed by atoms with Crippen LogP contribution in [0.4, 0.5) is 0 Å². The standard InChI is InChI=1S/C15H24N2O.ClHO4/c18-15-6-3-5-14-11-8-12(10-17(14)15)13-4-1-2-7-16(13)9-11;2-1(3,4)5/h11-14H,1-10H2;(H,2,3,4,5)/t11-,12-,13?,14?;/m1./s1. The van der Waals surface area contributed by atoms with Gasteiger partial charge in [0, 0.05) is 31.6 Å². The van der Waals surface area contributed by atoms with E-state index in [4.69, 9.17) is 18.6 Å². The van der Waals surface area contributed by atoms with Crippen molar-refractivity contribution in [3.05, 3.63) is 0 Å². The molecule has 0 saturated carbocycles. The largest absolute Gasteiger partial charge is 0.339 e. The average Bonchev–Trinajstić information content (AvgIpc) is 2.47. The first kappa shape index (κ1) is 17.4. The van der Waals surface area contributed by atoms with Gasteiger partial charge in [-0.3, -0.25) is 9.69 Å². The van der Waals surface area contributed by atoms with Crippen LogP contribution in [-0.2, 0) is 4.79 Å². The molecule has 132 valence electrons. The first-order valence-electron chi connectivity index (χ1n) is 8.49. The lowest BCUT2D eigenvalue weighted by Gasteiger charge is -2.56. The van der Waals surface area contributed by atoms with Crippen molar-refractivity contribution in [2.24, 2.45) is 11.8 Å². The lowest BCUT2D eigenvalue weighted by Crippen LogP contribution is -2.64. The van der Waals surface area contributed by atoms with Crippen LogP contribution in [0.3, 0.4) is 0 Å². The topological polar surface area (TPSA) is 113 Å². The van der Waals surface area contributed by atoms with Crippen molar-refractivity contribution in [1.82, 2.24) is 9.80 Å². The van der Waals surface area contributed by atoms with Crippen molar-refractivity contribution < 1.29 is 33.7 Å². The zero-order valence-corrected chi connectivity index (χ0v) is 14.0. The SMILES string of the molecule is O=C1CCCC2[C@@H]3C[C@H](CN12)C1CCCCN1C3.[O-][Cl+3]([O-])([O-])O. The van der Waals surface area contributed by atoms with E-state index < -0.39 is 10.2 Å². The molecule has 8 heteroatoms. The molecule has 4 aliphatic heterocycles. The second kappa shape index (κ2) is 6.82. The number of fused-ring (bicyclic) bond motifs is 6. The monoisotopic (exact) mass is 348 g/mol. The van der Waals surface area contributed by atoms with Crippen LogP contribution < -0.4 is 14.0 Å². The summed E-state index contributed by atoms with van der Waals surface area (Å²) in [7, 11) is -4.69. The Morgan fingerprint density at radius 1 is 1.00 bits per heavy atom. The second-order valence-electron chi connectivity index (χ2n) is 7.22. The summed E-state index contributed by atoms with van der Waals surface area (Å²) in [6.45, 7) is 3.66. The van der Waals surface area contributed by atoms with Gasteiger partial charge in [-0.1, -0.05) is 6.42 Å². The van der Waals surface area contributed by atoms with Crippen molar-refractivity contribution in [3.63, 3.8) is 0 Å². The third-order valence-corrected chi connectivity index (χ3v) is 5.87. The molecule has 0 aromatic heterocycles. The van der Waals surface area contributed by atoms with E-state index in [1.807, 2.05) is 0 Å². The van der Waals surface area contributed by atoms with Gasteiger partial charge in [-0.2, -0.15) is 14.0 Å². The molecule has 1 N–H and O–H groups in total. The average molecular weight is 349 g/mol. The van der Waals surface area contributed by atoms with E-state index in [-0.39, 0.29) is 0 Å². The summed E-state index contributed by atoms with van der Waals surface area (Å²) >= 11 is 0. The van der Waals surface area contributed by atoms with Crippen LogP contribution >= 0.6 is 0 Å². The van der Waals surface area contributed by atoms with Gasteiger partial charge in [-0.05, 0) is 50.5 Å². The minimum Gasteiger partial charge on any atom is -0.339 e. The van der Waals surface area contributed by atoms with Crippen LogP contribution in [0.1, 0.15) is 44.9 Å². The molecular formula is C15H25ClN2O5. The summed E-state index contributed by atoms with van der Waals surface area (Å²) in [5.74, 6) is 2.01. The predicted octanol–water partition coefficient (Wildman–Crippen LogP) is -2.25. The summed E-state index contributed by atoms with van der Waals surface area (Å²) in [5, 5.41) is 0. The maximum absolute atomic E-state index is 12.1. The van der Waals surface area contributed by atoms with Gasteiger partial charge in [-0.25, -0.2) is 0 Å². The van der Waals surface area contributed by atoms with E-state index >= 15 is 0 Å². The number of hydrogen-bond acceptors (Lipinski definition) is 6. The Balaban J connectivity index is 0.000000276. The number of amides is 1. The molecule has 4 atom stereocenters. The molecule has 2 unspecified atom stereocenters. The summed E-state index contributed by atoms with van der Waals surface area (Å²) in [5.41, 5.74) is 0. The zero-order valence-electron chi connectivity index (χ0n) is 13.2. The minimum absolute atomic E-state index is 0.449. The first-order chi connectivity index (χ1) is 10.8. The van der Waals surface area contributed by atoms with Gasteiger partial charge in [-0.15, -0.1) is 0 Å². The fourth-order valence-corrected chi connectivity index (χ4v) is 5.10. The van der Waals surface area contributed by atoms with Crippen LogP contribution in [0.2, 0.25) is 0 Å². The van der Waals surface area contributed by atoms with E-state index in [1.165, 1.54) is 45.2 Å². The van der Waals surface area contributed by atoms with Gasteiger partial charge in [0.05, 0.1) is 14.9 Å². The Morgan fingerprint density at radius 3 is 2.39 bits per heavy atom. The number of rotatable bonds is 0. The molecule has 0 aromatic carbocycles. The number of hydrogen-bond donors (Lipinski definition) is 1. The van der Waals surface area contributed by atoms with Crippen molar-refractivity contribution in [3.8, 4) is 0 Å². The molecule has 1 amide bonds. The van der Waals surface area contributed by atoms with Crippen LogP contribution in [0.5, 0.6) is 0 Å². The number of carbonyl (C=O) groups excluding carboxylic acids is 1. The van der Waals surface area contributed by atoms with Crippen molar-refractivity contribution in [2.45, 2.75) is 57.0 Å². The van der Waals surface area contributed by atoms with Gasteiger partial charge in [0.15, 0.2) is 0 Å². The molecule has 0 radical (unpaired) electrons. The molecule has 7 nitrogen and oxygen atoms in total. The van der Waals surface area contributed by atoms with Crippen molar-refractivity contribution in [1.29, 1.82) is 0 Å². The Hall–Kier alpha value is -0.440. The molecular weight excluding hydrogens is 324 g/mol. The molecule has 0 aliphatic carbocycles. The van der Waals surface area contributed by atoms with Crippen LogP contribution in [-0.4, -0.2) is 52.1 Å². The van der Waals surface area contributed by atoms with E-state index in [0.717, 1.165) is 37.3 Å². The van der Waals surface area contributed by atoms with Gasteiger partial charge in [0.2, 0.25) is 5.91 Å². The molecule has 4 fully saturated rings. The molecule has 4 aliphatic rings. The van der Waals surface area contributed by atoms with Gasteiger partial charge >= 0.3 is 0 Å². The third kappa shape index (κ3) is 4.15. The predicted molar refractivity (Wildman–Crippen MR) is 72.4 cm³/mol. The van der Waals surface area contributed by atoms with Crippen LogP contribution in [0.25, 0.3) is 0 Å². The van der Waals surface area contributed by atoms with Crippen LogP contribution in [0.15, 0.2) is 0 Å². The lowest BCUT2D eigenvalue weighted by atomic mass is 9.71. The molecule has 4 heterocycles. The highest BCUT2D eigenvalue weighted by molar-refractivity contribution is 5.77. The minimum atomic E-state index is -4.69.